The second-order valence-electron chi connectivity index (χ2n) is 6.02. The van der Waals surface area contributed by atoms with Gasteiger partial charge in [-0.25, -0.2) is 0 Å². The summed E-state index contributed by atoms with van der Waals surface area (Å²) >= 11 is 0. The van der Waals surface area contributed by atoms with E-state index < -0.39 is 0 Å². The van der Waals surface area contributed by atoms with Crippen LogP contribution in [0.3, 0.4) is 0 Å². The van der Waals surface area contributed by atoms with Crippen LogP contribution in [0.4, 0.5) is 5.69 Å². The molecule has 1 N–H and O–H groups in total. The first-order valence-electron chi connectivity index (χ1n) is 7.38. The molecule has 3 rings (SSSR count). The minimum Gasteiger partial charge on any atom is -0.372 e. The third kappa shape index (κ3) is 2.69. The smallest absolute Gasteiger partial charge is 0.0366 e. The summed E-state index contributed by atoms with van der Waals surface area (Å²) in [5.41, 5.74) is 2.81. The molecule has 0 atom stereocenters. The van der Waals surface area contributed by atoms with Gasteiger partial charge in [0.2, 0.25) is 0 Å². The van der Waals surface area contributed by atoms with Crippen LogP contribution in [0.2, 0.25) is 0 Å². The van der Waals surface area contributed by atoms with Crippen molar-refractivity contribution in [3.63, 3.8) is 0 Å². The van der Waals surface area contributed by atoms with Crippen LogP contribution in [0, 0.1) is 5.92 Å². The Hall–Kier alpha value is -1.02. The molecule has 18 heavy (non-hydrogen) atoms. The number of anilines is 1. The third-order valence-corrected chi connectivity index (χ3v) is 4.38. The van der Waals surface area contributed by atoms with Crippen LogP contribution in [0.25, 0.3) is 0 Å². The number of hydrogen-bond acceptors (Lipinski definition) is 2. The third-order valence-electron chi connectivity index (χ3n) is 4.38. The molecular formula is C16H24N2. The van der Waals surface area contributed by atoms with Gasteiger partial charge in [0, 0.05) is 31.4 Å². The topological polar surface area (TPSA) is 15.3 Å². The van der Waals surface area contributed by atoms with Crippen molar-refractivity contribution in [2.45, 2.75) is 45.2 Å². The summed E-state index contributed by atoms with van der Waals surface area (Å²) in [7, 11) is 0. The SMILES string of the molecule is CC1CC(NCc2ccc(N3CCCC3)cc2)C1. The van der Waals surface area contributed by atoms with Crippen LogP contribution in [0.1, 0.15) is 38.2 Å². The van der Waals surface area contributed by atoms with E-state index in [1.807, 2.05) is 0 Å². The van der Waals surface area contributed by atoms with Crippen molar-refractivity contribution < 1.29 is 0 Å². The van der Waals surface area contributed by atoms with E-state index in [0.29, 0.717) is 0 Å². The predicted octanol–water partition coefficient (Wildman–Crippen LogP) is 3.17. The zero-order valence-electron chi connectivity index (χ0n) is 11.4. The summed E-state index contributed by atoms with van der Waals surface area (Å²) in [6.07, 6.45) is 5.41. The van der Waals surface area contributed by atoms with Crippen molar-refractivity contribution in [3.05, 3.63) is 29.8 Å². The maximum Gasteiger partial charge on any atom is 0.0366 e. The summed E-state index contributed by atoms with van der Waals surface area (Å²) in [5.74, 6) is 0.931. The second kappa shape index (κ2) is 5.31. The van der Waals surface area contributed by atoms with Crippen molar-refractivity contribution in [1.82, 2.24) is 5.32 Å². The second-order valence-corrected chi connectivity index (χ2v) is 6.02. The Balaban J connectivity index is 1.51. The van der Waals surface area contributed by atoms with Crippen LogP contribution in [0.5, 0.6) is 0 Å². The van der Waals surface area contributed by atoms with E-state index in [1.54, 1.807) is 0 Å². The quantitative estimate of drug-likeness (QED) is 0.875. The molecule has 0 spiro atoms. The Morgan fingerprint density at radius 1 is 1.11 bits per heavy atom. The number of benzene rings is 1. The van der Waals surface area contributed by atoms with Gasteiger partial charge in [0.15, 0.2) is 0 Å². The van der Waals surface area contributed by atoms with Gasteiger partial charge in [-0.15, -0.1) is 0 Å². The van der Waals surface area contributed by atoms with Crippen LogP contribution in [-0.2, 0) is 6.54 Å². The average Bonchev–Trinajstić information content (AvgIpc) is 2.88. The number of nitrogens with zero attached hydrogens (tertiary/aromatic N) is 1. The van der Waals surface area contributed by atoms with E-state index in [2.05, 4.69) is 41.4 Å². The van der Waals surface area contributed by atoms with Crippen molar-refractivity contribution in [2.75, 3.05) is 18.0 Å². The van der Waals surface area contributed by atoms with Gasteiger partial charge < -0.3 is 10.2 Å². The van der Waals surface area contributed by atoms with E-state index in [-0.39, 0.29) is 0 Å². The fourth-order valence-electron chi connectivity index (χ4n) is 3.13. The maximum absolute atomic E-state index is 3.64. The summed E-state index contributed by atoms with van der Waals surface area (Å²) in [6, 6.07) is 9.89. The molecule has 1 saturated carbocycles. The first-order chi connectivity index (χ1) is 8.81. The van der Waals surface area contributed by atoms with Gasteiger partial charge in [-0.2, -0.15) is 0 Å². The minimum absolute atomic E-state index is 0.762. The number of rotatable bonds is 4. The van der Waals surface area contributed by atoms with E-state index in [4.69, 9.17) is 0 Å². The average molecular weight is 244 g/mol. The Morgan fingerprint density at radius 2 is 1.78 bits per heavy atom. The first-order valence-corrected chi connectivity index (χ1v) is 7.38. The molecule has 2 fully saturated rings. The lowest BCUT2D eigenvalue weighted by Gasteiger charge is -2.33. The van der Waals surface area contributed by atoms with Crippen LogP contribution in [0.15, 0.2) is 24.3 Å². The zero-order chi connectivity index (χ0) is 12.4. The lowest BCUT2D eigenvalue weighted by atomic mass is 9.82. The Bertz CT molecular complexity index is 373. The summed E-state index contributed by atoms with van der Waals surface area (Å²) in [4.78, 5) is 2.49. The highest BCUT2D eigenvalue weighted by molar-refractivity contribution is 5.48. The number of nitrogens with one attached hydrogen (secondary N) is 1. The van der Waals surface area contributed by atoms with Crippen LogP contribution in [-0.4, -0.2) is 19.1 Å². The highest BCUT2D eigenvalue weighted by Crippen LogP contribution is 2.26. The van der Waals surface area contributed by atoms with Crippen molar-refractivity contribution in [2.24, 2.45) is 5.92 Å². The van der Waals surface area contributed by atoms with Crippen molar-refractivity contribution in [1.29, 1.82) is 0 Å². The molecule has 2 aliphatic rings. The normalized spacial score (nSPS) is 27.3. The molecular weight excluding hydrogens is 220 g/mol. The van der Waals surface area contributed by atoms with E-state index in [9.17, 15) is 0 Å². The van der Waals surface area contributed by atoms with Crippen molar-refractivity contribution in [3.8, 4) is 0 Å². The maximum atomic E-state index is 3.64. The van der Waals surface area contributed by atoms with Crippen molar-refractivity contribution >= 4 is 5.69 Å². The highest BCUT2D eigenvalue weighted by Gasteiger charge is 2.24. The molecule has 2 heteroatoms. The molecule has 1 saturated heterocycles. The molecule has 1 aliphatic carbocycles. The molecule has 1 aromatic rings. The summed E-state index contributed by atoms with van der Waals surface area (Å²) < 4.78 is 0. The molecule has 0 amide bonds. The lowest BCUT2D eigenvalue weighted by molar-refractivity contribution is 0.240. The Kier molecular flexibility index (Phi) is 3.55. The van der Waals surface area contributed by atoms with E-state index in [0.717, 1.165) is 18.5 Å². The molecule has 1 aliphatic heterocycles. The molecule has 2 nitrogen and oxygen atoms in total. The van der Waals surface area contributed by atoms with E-state index >= 15 is 0 Å². The van der Waals surface area contributed by atoms with Gasteiger partial charge in [0.25, 0.3) is 0 Å². The van der Waals surface area contributed by atoms with E-state index in [1.165, 1.54) is 50.0 Å². The van der Waals surface area contributed by atoms with Gasteiger partial charge in [-0.1, -0.05) is 19.1 Å². The Morgan fingerprint density at radius 3 is 2.39 bits per heavy atom. The largest absolute Gasteiger partial charge is 0.372 e. The molecule has 1 aromatic carbocycles. The zero-order valence-corrected chi connectivity index (χ0v) is 11.4. The Labute approximate surface area is 110 Å². The summed E-state index contributed by atoms with van der Waals surface area (Å²) in [6.45, 7) is 5.83. The highest BCUT2D eigenvalue weighted by atomic mass is 15.1. The van der Waals surface area contributed by atoms with Gasteiger partial charge >= 0.3 is 0 Å². The minimum atomic E-state index is 0.762. The fourth-order valence-corrected chi connectivity index (χ4v) is 3.13. The molecule has 1 heterocycles. The molecule has 0 bridgehead atoms. The van der Waals surface area contributed by atoms with Crippen LogP contribution >= 0.6 is 0 Å². The van der Waals surface area contributed by atoms with Gasteiger partial charge in [0.1, 0.15) is 0 Å². The standard InChI is InChI=1S/C16H24N2/c1-13-10-15(11-13)17-12-14-4-6-16(7-5-14)18-8-2-3-9-18/h4-7,13,15,17H,2-3,8-12H2,1H3. The molecule has 98 valence electrons. The predicted molar refractivity (Wildman–Crippen MR) is 76.9 cm³/mol. The monoisotopic (exact) mass is 244 g/mol. The first kappa shape index (κ1) is 12.0. The lowest BCUT2D eigenvalue weighted by Crippen LogP contribution is -2.39. The van der Waals surface area contributed by atoms with Gasteiger partial charge in [-0.3, -0.25) is 0 Å². The summed E-state index contributed by atoms with van der Waals surface area (Å²) in [5, 5.41) is 3.64. The molecule has 0 aromatic heterocycles. The fraction of sp³-hybridized carbons (Fsp3) is 0.625. The molecule has 0 radical (unpaired) electrons. The molecule has 0 unspecified atom stereocenters. The van der Waals surface area contributed by atoms with Crippen LogP contribution < -0.4 is 10.2 Å². The van der Waals surface area contributed by atoms with Gasteiger partial charge in [-0.05, 0) is 49.3 Å². The number of hydrogen-bond donors (Lipinski definition) is 1. The van der Waals surface area contributed by atoms with Gasteiger partial charge in [0.05, 0.1) is 0 Å².